The number of halogens is 1. The number of nitrogens with one attached hydrogen (secondary N) is 1. The van der Waals surface area contributed by atoms with Crippen molar-refractivity contribution < 1.29 is 9.47 Å². The summed E-state index contributed by atoms with van der Waals surface area (Å²) in [6.07, 6.45) is 2.62. The zero-order chi connectivity index (χ0) is 16.2. The summed E-state index contributed by atoms with van der Waals surface area (Å²) in [6.45, 7) is 8.16. The van der Waals surface area contributed by atoms with Crippen molar-refractivity contribution in [1.82, 2.24) is 15.2 Å². The summed E-state index contributed by atoms with van der Waals surface area (Å²) in [5.41, 5.74) is 1.12. The minimum absolute atomic E-state index is 0. The topological polar surface area (TPSA) is 59.0 Å². The van der Waals surface area contributed by atoms with Gasteiger partial charge in [0.1, 0.15) is 11.1 Å². The van der Waals surface area contributed by atoms with Crippen LogP contribution in [0.5, 0.6) is 0 Å². The van der Waals surface area contributed by atoms with E-state index in [4.69, 9.17) is 9.47 Å². The van der Waals surface area contributed by atoms with E-state index in [1.54, 1.807) is 11.3 Å². The molecule has 136 valence electrons. The molecule has 2 atom stereocenters. The minimum atomic E-state index is 0. The van der Waals surface area contributed by atoms with Gasteiger partial charge in [-0.1, -0.05) is 0 Å². The second-order valence-corrected chi connectivity index (χ2v) is 7.34. The standard InChI is InChI=1S/C16H26N4O2S.HI/c1-11-12(2)23-15(19-11)9-18-16(17-3)20-6-8-22-14(10-20)13-5-4-7-21-13;/h13-14H,4-10H2,1-3H3,(H,17,18);1H. The molecule has 0 aromatic carbocycles. The van der Waals surface area contributed by atoms with Gasteiger partial charge in [-0.15, -0.1) is 35.3 Å². The molecule has 24 heavy (non-hydrogen) atoms. The number of aliphatic imine (C=N–C) groups is 1. The Morgan fingerprint density at radius 1 is 1.33 bits per heavy atom. The van der Waals surface area contributed by atoms with Gasteiger partial charge in [0, 0.05) is 31.6 Å². The van der Waals surface area contributed by atoms with Gasteiger partial charge in [0.15, 0.2) is 5.96 Å². The first-order valence-corrected chi connectivity index (χ1v) is 9.10. The normalized spacial score (nSPS) is 24.8. The Morgan fingerprint density at radius 3 is 2.75 bits per heavy atom. The molecule has 1 aromatic rings. The monoisotopic (exact) mass is 466 g/mol. The van der Waals surface area contributed by atoms with Crippen LogP contribution in [0, 0.1) is 13.8 Å². The molecular weight excluding hydrogens is 439 g/mol. The maximum absolute atomic E-state index is 5.91. The fourth-order valence-electron chi connectivity index (χ4n) is 3.09. The molecule has 0 saturated carbocycles. The van der Waals surface area contributed by atoms with Crippen LogP contribution in [0.15, 0.2) is 4.99 Å². The van der Waals surface area contributed by atoms with Crippen LogP contribution in [0.25, 0.3) is 0 Å². The average Bonchev–Trinajstić information content (AvgIpc) is 3.19. The van der Waals surface area contributed by atoms with Crippen molar-refractivity contribution >= 4 is 41.3 Å². The van der Waals surface area contributed by atoms with E-state index in [1.807, 2.05) is 7.05 Å². The lowest BCUT2D eigenvalue weighted by Crippen LogP contribution is -2.53. The van der Waals surface area contributed by atoms with E-state index in [0.29, 0.717) is 6.54 Å². The van der Waals surface area contributed by atoms with Crippen molar-refractivity contribution in [3.05, 3.63) is 15.6 Å². The number of aromatic nitrogens is 1. The molecule has 2 fully saturated rings. The molecule has 3 rings (SSSR count). The summed E-state index contributed by atoms with van der Waals surface area (Å²) in [4.78, 5) is 12.6. The minimum Gasteiger partial charge on any atom is -0.375 e. The van der Waals surface area contributed by atoms with Crippen LogP contribution in [0.1, 0.15) is 28.4 Å². The van der Waals surface area contributed by atoms with Crippen LogP contribution in [0.2, 0.25) is 0 Å². The summed E-state index contributed by atoms with van der Waals surface area (Å²) in [7, 11) is 1.83. The highest BCUT2D eigenvalue weighted by molar-refractivity contribution is 14.0. The maximum Gasteiger partial charge on any atom is 0.194 e. The van der Waals surface area contributed by atoms with E-state index >= 15 is 0 Å². The number of hydrogen-bond donors (Lipinski definition) is 1. The van der Waals surface area contributed by atoms with Crippen LogP contribution in [0.4, 0.5) is 0 Å². The van der Waals surface area contributed by atoms with E-state index in [9.17, 15) is 0 Å². The zero-order valence-electron chi connectivity index (χ0n) is 14.6. The predicted molar refractivity (Wildman–Crippen MR) is 107 cm³/mol. The van der Waals surface area contributed by atoms with Crippen molar-refractivity contribution in [3.63, 3.8) is 0 Å². The summed E-state index contributed by atoms with van der Waals surface area (Å²) < 4.78 is 11.7. The molecule has 0 amide bonds. The van der Waals surface area contributed by atoms with Gasteiger partial charge in [-0.05, 0) is 26.7 Å². The van der Waals surface area contributed by atoms with Crippen LogP contribution in [-0.2, 0) is 16.0 Å². The third-order valence-corrected chi connectivity index (χ3v) is 5.53. The largest absolute Gasteiger partial charge is 0.375 e. The lowest BCUT2D eigenvalue weighted by Gasteiger charge is -2.37. The lowest BCUT2D eigenvalue weighted by molar-refractivity contribution is -0.0817. The molecule has 6 nitrogen and oxygen atoms in total. The smallest absolute Gasteiger partial charge is 0.194 e. The molecule has 0 aliphatic carbocycles. The third-order valence-electron chi connectivity index (χ3n) is 4.45. The number of nitrogens with zero attached hydrogens (tertiary/aromatic N) is 3. The molecule has 1 aromatic heterocycles. The number of guanidine groups is 1. The van der Waals surface area contributed by atoms with E-state index in [1.165, 1.54) is 4.88 Å². The molecule has 2 aliphatic rings. The summed E-state index contributed by atoms with van der Waals surface area (Å²) in [6, 6.07) is 0. The van der Waals surface area contributed by atoms with Crippen LogP contribution in [-0.4, -0.2) is 61.4 Å². The van der Waals surface area contributed by atoms with Gasteiger partial charge in [0.2, 0.25) is 0 Å². The first-order valence-electron chi connectivity index (χ1n) is 8.29. The van der Waals surface area contributed by atoms with Gasteiger partial charge in [-0.3, -0.25) is 4.99 Å². The Bertz CT molecular complexity index is 541. The van der Waals surface area contributed by atoms with Gasteiger partial charge < -0.3 is 19.7 Å². The maximum atomic E-state index is 5.91. The number of rotatable bonds is 3. The van der Waals surface area contributed by atoms with Gasteiger partial charge in [0.05, 0.1) is 24.9 Å². The second-order valence-electron chi connectivity index (χ2n) is 6.06. The van der Waals surface area contributed by atoms with Crippen molar-refractivity contribution in [3.8, 4) is 0 Å². The van der Waals surface area contributed by atoms with E-state index in [-0.39, 0.29) is 36.2 Å². The Kier molecular flexibility index (Phi) is 7.70. The fraction of sp³-hybridized carbons (Fsp3) is 0.750. The number of aryl methyl sites for hydroxylation is 2. The van der Waals surface area contributed by atoms with Crippen LogP contribution < -0.4 is 5.32 Å². The summed E-state index contributed by atoms with van der Waals surface area (Å²) >= 11 is 1.74. The van der Waals surface area contributed by atoms with E-state index in [2.05, 4.69) is 34.0 Å². The SMILES string of the molecule is CN=C(NCc1nc(C)c(C)s1)N1CCOC(C2CCCO2)C1.I. The molecule has 2 saturated heterocycles. The van der Waals surface area contributed by atoms with Gasteiger partial charge in [-0.25, -0.2) is 4.98 Å². The number of hydrogen-bond acceptors (Lipinski definition) is 5. The van der Waals surface area contributed by atoms with E-state index in [0.717, 1.165) is 55.8 Å². The Balaban J connectivity index is 0.00000208. The number of morpholine rings is 1. The summed E-state index contributed by atoms with van der Waals surface area (Å²) in [5, 5.41) is 4.54. The van der Waals surface area contributed by atoms with Crippen molar-refractivity contribution in [2.24, 2.45) is 4.99 Å². The molecule has 0 radical (unpaired) electrons. The van der Waals surface area contributed by atoms with Crippen molar-refractivity contribution in [1.29, 1.82) is 0 Å². The molecule has 0 bridgehead atoms. The third kappa shape index (κ3) is 4.80. The molecular formula is C16H27IN4O2S. The second kappa shape index (κ2) is 9.30. The molecule has 8 heteroatoms. The Labute approximate surface area is 165 Å². The van der Waals surface area contributed by atoms with Gasteiger partial charge >= 0.3 is 0 Å². The highest BCUT2D eigenvalue weighted by Gasteiger charge is 2.32. The molecule has 0 spiro atoms. The zero-order valence-corrected chi connectivity index (χ0v) is 17.7. The fourth-order valence-corrected chi connectivity index (χ4v) is 3.96. The van der Waals surface area contributed by atoms with Gasteiger partial charge in [-0.2, -0.15) is 0 Å². The lowest BCUT2D eigenvalue weighted by atomic mass is 10.1. The molecule has 2 unspecified atom stereocenters. The Hall–Kier alpha value is -0.450. The molecule has 2 aliphatic heterocycles. The average molecular weight is 466 g/mol. The van der Waals surface area contributed by atoms with Crippen molar-refractivity contribution in [2.45, 2.75) is 45.4 Å². The summed E-state index contributed by atoms with van der Waals surface area (Å²) in [5.74, 6) is 0.918. The van der Waals surface area contributed by atoms with Gasteiger partial charge in [0.25, 0.3) is 0 Å². The molecule has 1 N–H and O–H groups in total. The number of thiazole rings is 1. The quantitative estimate of drug-likeness (QED) is 0.421. The van der Waals surface area contributed by atoms with Crippen molar-refractivity contribution in [2.75, 3.05) is 33.4 Å². The predicted octanol–water partition coefficient (Wildman–Crippen LogP) is 2.33. The highest BCUT2D eigenvalue weighted by atomic mass is 127. The van der Waals surface area contributed by atoms with E-state index < -0.39 is 0 Å². The highest BCUT2D eigenvalue weighted by Crippen LogP contribution is 2.21. The van der Waals surface area contributed by atoms with Crippen LogP contribution in [0.3, 0.4) is 0 Å². The Morgan fingerprint density at radius 2 is 2.12 bits per heavy atom. The number of ether oxygens (including phenoxy) is 2. The first kappa shape index (κ1) is 19.9. The first-order chi connectivity index (χ1) is 11.2. The van der Waals surface area contributed by atoms with Crippen LogP contribution >= 0.6 is 35.3 Å². The molecule has 3 heterocycles.